The van der Waals surface area contributed by atoms with Crippen LogP contribution in [0.3, 0.4) is 0 Å². The van der Waals surface area contributed by atoms with E-state index in [-0.39, 0.29) is 11.7 Å². The third-order valence-corrected chi connectivity index (χ3v) is 6.44. The van der Waals surface area contributed by atoms with Crippen molar-refractivity contribution in [2.45, 2.75) is 45.6 Å². The number of aromatic nitrogens is 2. The molecule has 0 radical (unpaired) electrons. The molecule has 1 fully saturated rings. The Balaban J connectivity index is 1.84. The van der Waals surface area contributed by atoms with E-state index in [1.807, 2.05) is 17.4 Å². The Morgan fingerprint density at radius 1 is 1.38 bits per heavy atom. The maximum Gasteiger partial charge on any atom is 0.350 e. The van der Waals surface area contributed by atoms with E-state index in [0.29, 0.717) is 23.3 Å². The summed E-state index contributed by atoms with van der Waals surface area (Å²) >= 11 is 1.32. The van der Waals surface area contributed by atoms with Crippen molar-refractivity contribution in [2.24, 2.45) is 0 Å². The standard InChI is InChI=1S/C21H25N3O4S/c1-4-28-20(26)18-12(2)24-19(22-14-7-5-6-8-14)17(23-21(24)29-18)13-9-10-16(27-3)15(25)11-13/h9-11,14,22,25H,4-8H2,1-3H3. The van der Waals surface area contributed by atoms with Gasteiger partial charge in [0.2, 0.25) is 0 Å². The number of rotatable bonds is 6. The number of benzene rings is 1. The molecule has 29 heavy (non-hydrogen) atoms. The van der Waals surface area contributed by atoms with Crippen LogP contribution in [-0.4, -0.2) is 40.2 Å². The second-order valence-corrected chi connectivity index (χ2v) is 8.15. The molecule has 8 heteroatoms. The summed E-state index contributed by atoms with van der Waals surface area (Å²) in [5.41, 5.74) is 2.34. The van der Waals surface area contributed by atoms with Gasteiger partial charge in [-0.2, -0.15) is 0 Å². The topological polar surface area (TPSA) is 85.1 Å². The van der Waals surface area contributed by atoms with Gasteiger partial charge < -0.3 is 19.9 Å². The van der Waals surface area contributed by atoms with Crippen LogP contribution >= 0.6 is 11.3 Å². The predicted octanol–water partition coefficient (Wildman–Crippen LogP) is 4.62. The zero-order valence-electron chi connectivity index (χ0n) is 16.8. The highest BCUT2D eigenvalue weighted by atomic mass is 32.1. The van der Waals surface area contributed by atoms with E-state index in [1.54, 1.807) is 19.1 Å². The van der Waals surface area contributed by atoms with Crippen LogP contribution in [0.2, 0.25) is 0 Å². The Labute approximate surface area is 173 Å². The first-order chi connectivity index (χ1) is 14.0. The normalized spacial score (nSPS) is 14.4. The van der Waals surface area contributed by atoms with Crippen LogP contribution in [0.1, 0.15) is 48.0 Å². The number of fused-ring (bicyclic) bond motifs is 1. The van der Waals surface area contributed by atoms with E-state index >= 15 is 0 Å². The quantitative estimate of drug-likeness (QED) is 0.572. The van der Waals surface area contributed by atoms with Gasteiger partial charge in [0, 0.05) is 17.3 Å². The number of phenols is 1. The maximum absolute atomic E-state index is 12.3. The Morgan fingerprint density at radius 2 is 2.14 bits per heavy atom. The van der Waals surface area contributed by atoms with Crippen LogP contribution in [0.5, 0.6) is 11.5 Å². The first-order valence-electron chi connectivity index (χ1n) is 9.86. The van der Waals surface area contributed by atoms with Crippen molar-refractivity contribution in [1.29, 1.82) is 0 Å². The SMILES string of the molecule is CCOC(=O)c1sc2nc(-c3ccc(OC)c(O)c3)c(NC3CCCC3)n2c1C. The molecule has 0 unspecified atom stereocenters. The van der Waals surface area contributed by atoms with Crippen LogP contribution in [0.15, 0.2) is 18.2 Å². The van der Waals surface area contributed by atoms with E-state index in [4.69, 9.17) is 14.5 Å². The van der Waals surface area contributed by atoms with Crippen molar-refractivity contribution >= 4 is 28.1 Å². The number of imidazole rings is 1. The minimum Gasteiger partial charge on any atom is -0.504 e. The molecule has 1 aliphatic rings. The molecule has 1 saturated carbocycles. The number of nitrogens with one attached hydrogen (secondary N) is 1. The van der Waals surface area contributed by atoms with Crippen LogP contribution in [-0.2, 0) is 4.74 Å². The summed E-state index contributed by atoms with van der Waals surface area (Å²) in [6.45, 7) is 4.04. The van der Waals surface area contributed by atoms with E-state index in [2.05, 4.69) is 5.32 Å². The summed E-state index contributed by atoms with van der Waals surface area (Å²) in [5, 5.41) is 13.9. The molecule has 0 spiro atoms. The summed E-state index contributed by atoms with van der Waals surface area (Å²) in [6.07, 6.45) is 4.62. The van der Waals surface area contributed by atoms with E-state index in [0.717, 1.165) is 40.6 Å². The first kappa shape index (κ1) is 19.6. The summed E-state index contributed by atoms with van der Waals surface area (Å²) in [4.78, 5) is 18.4. The number of aryl methyl sites for hydroxylation is 1. The van der Waals surface area contributed by atoms with Gasteiger partial charge in [0.25, 0.3) is 0 Å². The van der Waals surface area contributed by atoms with Crippen molar-refractivity contribution in [1.82, 2.24) is 9.38 Å². The number of esters is 1. The lowest BCUT2D eigenvalue weighted by atomic mass is 10.1. The molecular weight excluding hydrogens is 390 g/mol. The second kappa shape index (κ2) is 7.94. The largest absolute Gasteiger partial charge is 0.504 e. The molecule has 0 amide bonds. The molecule has 4 rings (SSSR count). The molecular formula is C21H25N3O4S. The highest BCUT2D eigenvalue weighted by Crippen LogP contribution is 2.39. The zero-order valence-corrected chi connectivity index (χ0v) is 17.6. The van der Waals surface area contributed by atoms with Crippen LogP contribution in [0.25, 0.3) is 16.2 Å². The van der Waals surface area contributed by atoms with Gasteiger partial charge in [0.1, 0.15) is 16.4 Å². The van der Waals surface area contributed by atoms with Gasteiger partial charge in [-0.1, -0.05) is 24.2 Å². The van der Waals surface area contributed by atoms with Gasteiger partial charge in [-0.15, -0.1) is 0 Å². The highest BCUT2D eigenvalue weighted by molar-refractivity contribution is 7.19. The minimum absolute atomic E-state index is 0.0668. The summed E-state index contributed by atoms with van der Waals surface area (Å²) < 4.78 is 12.4. The molecule has 0 atom stereocenters. The number of aromatic hydroxyl groups is 1. The van der Waals surface area contributed by atoms with Crippen molar-refractivity contribution in [3.05, 3.63) is 28.8 Å². The van der Waals surface area contributed by atoms with E-state index in [9.17, 15) is 9.90 Å². The smallest absolute Gasteiger partial charge is 0.350 e. The number of thiazole rings is 1. The van der Waals surface area contributed by atoms with Crippen LogP contribution in [0, 0.1) is 6.92 Å². The molecule has 2 heterocycles. The lowest BCUT2D eigenvalue weighted by molar-refractivity contribution is 0.0531. The lowest BCUT2D eigenvalue weighted by Gasteiger charge is -2.15. The van der Waals surface area contributed by atoms with Gasteiger partial charge in [-0.25, -0.2) is 9.78 Å². The van der Waals surface area contributed by atoms with E-state index < -0.39 is 0 Å². The zero-order chi connectivity index (χ0) is 20.5. The van der Waals surface area contributed by atoms with Crippen LogP contribution < -0.4 is 10.1 Å². The van der Waals surface area contributed by atoms with Gasteiger partial charge in [0.15, 0.2) is 16.5 Å². The number of ether oxygens (including phenoxy) is 2. The average molecular weight is 416 g/mol. The third kappa shape index (κ3) is 3.53. The van der Waals surface area contributed by atoms with Gasteiger partial charge >= 0.3 is 5.97 Å². The summed E-state index contributed by atoms with van der Waals surface area (Å²) in [7, 11) is 1.52. The molecule has 1 aromatic carbocycles. The van der Waals surface area contributed by atoms with Crippen molar-refractivity contribution in [3.63, 3.8) is 0 Å². The van der Waals surface area contributed by atoms with Gasteiger partial charge in [-0.05, 0) is 44.9 Å². The average Bonchev–Trinajstić information content (AvgIpc) is 3.40. The molecule has 0 bridgehead atoms. The Kier molecular flexibility index (Phi) is 5.36. The second-order valence-electron chi connectivity index (χ2n) is 7.18. The molecule has 0 aliphatic heterocycles. The number of hydrogen-bond acceptors (Lipinski definition) is 7. The van der Waals surface area contributed by atoms with Crippen molar-refractivity contribution in [3.8, 4) is 22.8 Å². The molecule has 2 N–H and O–H groups in total. The predicted molar refractivity (Wildman–Crippen MR) is 113 cm³/mol. The van der Waals surface area contributed by atoms with Crippen LogP contribution in [0.4, 0.5) is 5.82 Å². The monoisotopic (exact) mass is 415 g/mol. The fourth-order valence-corrected chi connectivity index (χ4v) is 4.89. The number of carbonyl (C=O) groups is 1. The number of carbonyl (C=O) groups excluding carboxylic acids is 1. The van der Waals surface area contributed by atoms with E-state index in [1.165, 1.54) is 31.3 Å². The third-order valence-electron chi connectivity index (χ3n) is 5.31. The molecule has 1 aliphatic carbocycles. The fraction of sp³-hybridized carbons (Fsp3) is 0.429. The fourth-order valence-electron chi connectivity index (χ4n) is 3.87. The molecule has 7 nitrogen and oxygen atoms in total. The Morgan fingerprint density at radius 3 is 2.79 bits per heavy atom. The van der Waals surface area contributed by atoms with Gasteiger partial charge in [0.05, 0.1) is 13.7 Å². The Bertz CT molecular complexity index is 1050. The summed E-state index contributed by atoms with van der Waals surface area (Å²) in [5.74, 6) is 1.01. The van der Waals surface area contributed by atoms with Crippen molar-refractivity contribution < 1.29 is 19.4 Å². The molecule has 0 saturated heterocycles. The first-order valence-corrected chi connectivity index (χ1v) is 10.7. The lowest BCUT2D eigenvalue weighted by Crippen LogP contribution is -2.17. The van der Waals surface area contributed by atoms with Crippen molar-refractivity contribution in [2.75, 3.05) is 19.0 Å². The molecule has 3 aromatic rings. The van der Waals surface area contributed by atoms with Gasteiger partial charge in [-0.3, -0.25) is 4.40 Å². The Hall–Kier alpha value is -2.74. The number of nitrogens with zero attached hydrogens (tertiary/aromatic N) is 2. The number of anilines is 1. The highest BCUT2D eigenvalue weighted by Gasteiger charge is 2.26. The minimum atomic E-state index is -0.323. The number of methoxy groups -OCH3 is 1. The number of phenolic OH excluding ortho intramolecular Hbond substituents is 1. The number of hydrogen-bond donors (Lipinski definition) is 2. The maximum atomic E-state index is 12.3. The molecule has 154 valence electrons. The molecule has 2 aromatic heterocycles. The summed E-state index contributed by atoms with van der Waals surface area (Å²) in [6, 6.07) is 5.64.